The number of rotatable bonds is 5. The van der Waals surface area contributed by atoms with Gasteiger partial charge in [-0.3, -0.25) is 0 Å². The number of aliphatic hydroxyl groups excluding tert-OH is 1. The molecule has 1 fully saturated rings. The second-order valence-electron chi connectivity index (χ2n) is 4.22. The summed E-state index contributed by atoms with van der Waals surface area (Å²) in [6.45, 7) is 4.98. The molecule has 1 saturated heterocycles. The van der Waals surface area contributed by atoms with E-state index in [1.807, 2.05) is 6.92 Å². The van der Waals surface area contributed by atoms with Crippen LogP contribution in [0.1, 0.15) is 46.0 Å². The third kappa shape index (κ3) is 3.95. The molecule has 0 amide bonds. The molecule has 0 aromatic heterocycles. The molecule has 1 aliphatic heterocycles. The zero-order valence-electron chi connectivity index (χ0n) is 9.29. The largest absolute Gasteiger partial charge is 0.388 e. The van der Waals surface area contributed by atoms with E-state index >= 15 is 0 Å². The first-order chi connectivity index (χ1) is 6.66. The van der Waals surface area contributed by atoms with E-state index in [1.54, 1.807) is 0 Å². The Hall–Kier alpha value is -0.120. The van der Waals surface area contributed by atoms with E-state index in [-0.39, 0.29) is 0 Å². The van der Waals surface area contributed by atoms with Crippen molar-refractivity contribution in [1.29, 1.82) is 0 Å². The summed E-state index contributed by atoms with van der Waals surface area (Å²) in [5.74, 6) is -0.451. The van der Waals surface area contributed by atoms with Gasteiger partial charge >= 0.3 is 0 Å². The van der Waals surface area contributed by atoms with Crippen molar-refractivity contribution in [1.82, 2.24) is 0 Å². The van der Waals surface area contributed by atoms with Gasteiger partial charge in [0.15, 0.2) is 5.79 Å². The van der Waals surface area contributed by atoms with Crippen LogP contribution >= 0.6 is 0 Å². The number of hydrogen-bond donors (Lipinski definition) is 1. The average molecular weight is 202 g/mol. The molecule has 0 bridgehead atoms. The zero-order valence-corrected chi connectivity index (χ0v) is 9.29. The van der Waals surface area contributed by atoms with Gasteiger partial charge in [-0.15, -0.1) is 0 Å². The molecule has 0 saturated carbocycles. The van der Waals surface area contributed by atoms with Crippen molar-refractivity contribution < 1.29 is 14.6 Å². The minimum absolute atomic E-state index is 0.407. The van der Waals surface area contributed by atoms with Crippen molar-refractivity contribution in [3.8, 4) is 0 Å². The van der Waals surface area contributed by atoms with Crippen LogP contribution in [-0.2, 0) is 9.47 Å². The SMILES string of the molecule is CCCCCCC1(C)OCC(O)CO1. The summed E-state index contributed by atoms with van der Waals surface area (Å²) in [4.78, 5) is 0. The second kappa shape index (κ2) is 5.69. The molecule has 1 heterocycles. The fourth-order valence-corrected chi connectivity index (χ4v) is 1.65. The molecule has 14 heavy (non-hydrogen) atoms. The summed E-state index contributed by atoms with van der Waals surface area (Å²) >= 11 is 0. The summed E-state index contributed by atoms with van der Waals surface area (Å²) in [5, 5.41) is 9.20. The minimum Gasteiger partial charge on any atom is -0.388 e. The first kappa shape index (κ1) is 12.0. The van der Waals surface area contributed by atoms with Crippen molar-refractivity contribution >= 4 is 0 Å². The highest BCUT2D eigenvalue weighted by Gasteiger charge is 2.31. The monoisotopic (exact) mass is 202 g/mol. The summed E-state index contributed by atoms with van der Waals surface area (Å²) in [6.07, 6.45) is 5.39. The summed E-state index contributed by atoms with van der Waals surface area (Å²) in [5.41, 5.74) is 0. The van der Waals surface area contributed by atoms with E-state index in [1.165, 1.54) is 19.3 Å². The quantitative estimate of drug-likeness (QED) is 0.694. The Bertz CT molecular complexity index is 151. The lowest BCUT2D eigenvalue weighted by molar-refractivity contribution is -0.285. The van der Waals surface area contributed by atoms with Crippen LogP contribution in [0.15, 0.2) is 0 Å². The van der Waals surface area contributed by atoms with Crippen LogP contribution in [0, 0.1) is 0 Å². The van der Waals surface area contributed by atoms with Crippen molar-refractivity contribution in [2.75, 3.05) is 13.2 Å². The van der Waals surface area contributed by atoms with Crippen LogP contribution < -0.4 is 0 Å². The topological polar surface area (TPSA) is 38.7 Å². The fraction of sp³-hybridized carbons (Fsp3) is 1.00. The van der Waals surface area contributed by atoms with Crippen LogP contribution in [0.3, 0.4) is 0 Å². The van der Waals surface area contributed by atoms with E-state index < -0.39 is 11.9 Å². The Balaban J connectivity index is 2.15. The van der Waals surface area contributed by atoms with Crippen LogP contribution in [0.25, 0.3) is 0 Å². The minimum atomic E-state index is -0.451. The molecule has 0 atom stereocenters. The maximum absolute atomic E-state index is 9.20. The highest BCUT2D eigenvalue weighted by Crippen LogP contribution is 2.24. The van der Waals surface area contributed by atoms with Gasteiger partial charge in [0, 0.05) is 6.42 Å². The molecule has 0 spiro atoms. The van der Waals surface area contributed by atoms with Gasteiger partial charge in [0.05, 0.1) is 13.2 Å². The second-order valence-corrected chi connectivity index (χ2v) is 4.22. The van der Waals surface area contributed by atoms with Crippen LogP contribution in [0.5, 0.6) is 0 Å². The normalized spacial score (nSPS) is 33.2. The van der Waals surface area contributed by atoms with Crippen LogP contribution in [0.2, 0.25) is 0 Å². The van der Waals surface area contributed by atoms with Gasteiger partial charge in [-0.25, -0.2) is 0 Å². The maximum Gasteiger partial charge on any atom is 0.165 e. The van der Waals surface area contributed by atoms with Gasteiger partial charge in [-0.1, -0.05) is 26.2 Å². The molecule has 84 valence electrons. The first-order valence-corrected chi connectivity index (χ1v) is 5.62. The molecule has 0 aromatic rings. The zero-order chi connectivity index (χ0) is 10.4. The molecule has 1 N–H and O–H groups in total. The molecule has 0 unspecified atom stereocenters. The van der Waals surface area contributed by atoms with Crippen molar-refractivity contribution in [3.63, 3.8) is 0 Å². The van der Waals surface area contributed by atoms with Crippen LogP contribution in [-0.4, -0.2) is 30.2 Å². The van der Waals surface area contributed by atoms with Gasteiger partial charge < -0.3 is 14.6 Å². The average Bonchev–Trinajstić information content (AvgIpc) is 2.18. The highest BCUT2D eigenvalue weighted by atomic mass is 16.7. The summed E-state index contributed by atoms with van der Waals surface area (Å²) in [6, 6.07) is 0. The van der Waals surface area contributed by atoms with Crippen molar-refractivity contribution in [2.24, 2.45) is 0 Å². The van der Waals surface area contributed by atoms with Gasteiger partial charge in [-0.2, -0.15) is 0 Å². The number of hydrogen-bond acceptors (Lipinski definition) is 3. The Morgan fingerprint density at radius 2 is 1.86 bits per heavy atom. The third-order valence-corrected chi connectivity index (χ3v) is 2.65. The summed E-state index contributed by atoms with van der Waals surface area (Å²) in [7, 11) is 0. The smallest absolute Gasteiger partial charge is 0.165 e. The van der Waals surface area contributed by atoms with E-state index in [9.17, 15) is 5.11 Å². The van der Waals surface area contributed by atoms with Gasteiger partial charge in [0.2, 0.25) is 0 Å². The van der Waals surface area contributed by atoms with Crippen molar-refractivity contribution in [2.45, 2.75) is 57.8 Å². The fourth-order valence-electron chi connectivity index (χ4n) is 1.65. The maximum atomic E-state index is 9.20. The lowest BCUT2D eigenvalue weighted by Crippen LogP contribution is -2.44. The first-order valence-electron chi connectivity index (χ1n) is 5.62. The van der Waals surface area contributed by atoms with Gasteiger partial charge in [-0.05, 0) is 13.3 Å². The Morgan fingerprint density at radius 3 is 2.43 bits per heavy atom. The lowest BCUT2D eigenvalue weighted by Gasteiger charge is -2.36. The third-order valence-electron chi connectivity index (χ3n) is 2.65. The van der Waals surface area contributed by atoms with Crippen molar-refractivity contribution in [3.05, 3.63) is 0 Å². The highest BCUT2D eigenvalue weighted by molar-refractivity contribution is 4.70. The number of aliphatic hydroxyl groups is 1. The lowest BCUT2D eigenvalue weighted by atomic mass is 10.1. The van der Waals surface area contributed by atoms with E-state index in [0.29, 0.717) is 13.2 Å². The molecule has 0 aliphatic carbocycles. The van der Waals surface area contributed by atoms with Gasteiger partial charge in [0.25, 0.3) is 0 Å². The summed E-state index contributed by atoms with van der Waals surface area (Å²) < 4.78 is 11.0. The molecular formula is C11H22O3. The molecule has 1 rings (SSSR count). The standard InChI is InChI=1S/C11H22O3/c1-3-4-5-6-7-11(2)13-8-10(12)9-14-11/h10,12H,3-9H2,1-2H3. The van der Waals surface area contributed by atoms with Gasteiger partial charge in [0.1, 0.15) is 6.10 Å². The Labute approximate surface area is 86.4 Å². The molecule has 0 radical (unpaired) electrons. The van der Waals surface area contributed by atoms with E-state index in [0.717, 1.165) is 12.8 Å². The molecule has 3 nitrogen and oxygen atoms in total. The number of ether oxygens (including phenoxy) is 2. The Kier molecular flexibility index (Phi) is 4.85. The Morgan fingerprint density at radius 1 is 1.21 bits per heavy atom. The predicted octanol–water partition coefficient (Wildman–Crippen LogP) is 2.08. The number of unbranched alkanes of at least 4 members (excludes halogenated alkanes) is 3. The van der Waals surface area contributed by atoms with E-state index in [2.05, 4.69) is 6.92 Å². The molecule has 1 aliphatic rings. The van der Waals surface area contributed by atoms with Crippen LogP contribution in [0.4, 0.5) is 0 Å². The van der Waals surface area contributed by atoms with E-state index in [4.69, 9.17) is 9.47 Å². The molecular weight excluding hydrogens is 180 g/mol. The molecule has 0 aromatic carbocycles. The molecule has 3 heteroatoms. The predicted molar refractivity (Wildman–Crippen MR) is 55.1 cm³/mol.